The minimum absolute atomic E-state index is 0.0376. The van der Waals surface area contributed by atoms with Gasteiger partial charge in [0.2, 0.25) is 21.0 Å². The first kappa shape index (κ1) is 24.8. The molecule has 1 aliphatic rings. The van der Waals surface area contributed by atoms with Gasteiger partial charge in [0.15, 0.2) is 5.69 Å². The first-order chi connectivity index (χ1) is 16.9. The molecular weight excluding hydrogens is 490 g/mol. The minimum Gasteiger partial charge on any atom is -0.495 e. The first-order valence-corrected chi connectivity index (χ1v) is 12.6. The number of azo groups is 1. The van der Waals surface area contributed by atoms with Gasteiger partial charge in [-0.2, -0.15) is 4.31 Å². The van der Waals surface area contributed by atoms with Crippen molar-refractivity contribution < 1.29 is 23.0 Å². The number of hydrogen-bond acceptors (Lipinski definition) is 7. The van der Waals surface area contributed by atoms with Gasteiger partial charge < -0.3 is 24.5 Å². The van der Waals surface area contributed by atoms with Crippen LogP contribution in [0.5, 0.6) is 11.6 Å². The molecule has 10 nitrogen and oxygen atoms in total. The van der Waals surface area contributed by atoms with Crippen molar-refractivity contribution in [3.05, 3.63) is 55.1 Å². The van der Waals surface area contributed by atoms with Crippen LogP contribution in [0.25, 0.3) is 10.9 Å². The number of nitrogens with one attached hydrogen (secondary N) is 1. The number of methoxy groups -OCH3 is 1. The van der Waals surface area contributed by atoms with E-state index in [1.807, 2.05) is 12.1 Å². The Morgan fingerprint density at radius 2 is 2.03 bits per heavy atom. The fourth-order valence-electron chi connectivity index (χ4n) is 3.80. The second kappa shape index (κ2) is 10.5. The fraction of sp³-hybridized carbons (Fsp3) is 0.261. The molecule has 1 aromatic heterocycles. The van der Waals surface area contributed by atoms with Crippen molar-refractivity contribution >= 4 is 49.6 Å². The molecule has 0 atom stereocenters. The molecule has 3 aromatic rings. The monoisotopic (exact) mass is 515 g/mol. The smallest absolute Gasteiger partial charge is 0.243 e. The summed E-state index contributed by atoms with van der Waals surface area (Å²) in [5, 5.41) is 22.5. The van der Waals surface area contributed by atoms with E-state index in [1.165, 1.54) is 16.4 Å². The van der Waals surface area contributed by atoms with Gasteiger partial charge >= 0.3 is 0 Å². The molecule has 2 N–H and O–H groups in total. The lowest BCUT2D eigenvalue weighted by Gasteiger charge is -2.26. The number of rotatable bonds is 7. The lowest BCUT2D eigenvalue weighted by molar-refractivity contribution is 0.0730. The van der Waals surface area contributed by atoms with Crippen molar-refractivity contribution in [1.29, 1.82) is 0 Å². The number of thiocarbonyl (C=S) groups is 1. The summed E-state index contributed by atoms with van der Waals surface area (Å²) in [6, 6.07) is 11.8. The second-order valence-electron chi connectivity index (χ2n) is 7.60. The highest BCUT2D eigenvalue weighted by molar-refractivity contribution is 7.89. The second-order valence-corrected chi connectivity index (χ2v) is 9.92. The number of aromatic hydroxyl groups is 1. The van der Waals surface area contributed by atoms with Gasteiger partial charge in [-0.25, -0.2) is 8.42 Å². The molecule has 0 aliphatic carbocycles. The van der Waals surface area contributed by atoms with E-state index < -0.39 is 10.0 Å². The van der Waals surface area contributed by atoms with E-state index in [9.17, 15) is 13.5 Å². The average molecular weight is 516 g/mol. The maximum Gasteiger partial charge on any atom is 0.243 e. The highest BCUT2D eigenvalue weighted by atomic mass is 32.2. The molecule has 2 heterocycles. The largest absolute Gasteiger partial charge is 0.495 e. The van der Waals surface area contributed by atoms with Gasteiger partial charge in [0.05, 0.1) is 36.4 Å². The molecule has 0 radical (unpaired) electrons. The molecule has 1 aliphatic heterocycles. The quantitative estimate of drug-likeness (QED) is 0.277. The van der Waals surface area contributed by atoms with Gasteiger partial charge in [0.1, 0.15) is 5.75 Å². The summed E-state index contributed by atoms with van der Waals surface area (Å²) in [5.41, 5.74) is 1.29. The Labute approximate surface area is 208 Å². The maximum atomic E-state index is 13.2. The Balaban J connectivity index is 1.71. The number of aromatic nitrogens is 1. The molecule has 12 heteroatoms. The molecule has 4 rings (SSSR count). The van der Waals surface area contributed by atoms with Crippen LogP contribution in [0, 0.1) is 0 Å². The van der Waals surface area contributed by atoms with Gasteiger partial charge in [0, 0.05) is 25.0 Å². The van der Waals surface area contributed by atoms with Gasteiger partial charge in [-0.1, -0.05) is 18.2 Å². The number of ether oxygens (including phenoxy) is 2. The lowest BCUT2D eigenvalue weighted by atomic mass is 10.2. The van der Waals surface area contributed by atoms with Crippen molar-refractivity contribution in [3.63, 3.8) is 0 Å². The van der Waals surface area contributed by atoms with Crippen LogP contribution in [0.3, 0.4) is 0 Å². The normalized spacial score (nSPS) is 14.9. The van der Waals surface area contributed by atoms with Gasteiger partial charge in [-0.05, 0) is 42.5 Å². The zero-order chi connectivity index (χ0) is 25.0. The van der Waals surface area contributed by atoms with E-state index in [-0.39, 0.29) is 41.2 Å². The predicted octanol–water partition coefficient (Wildman–Crippen LogP) is 4.04. The molecule has 0 amide bonds. The third-order valence-corrected chi connectivity index (χ3v) is 7.57. The van der Waals surface area contributed by atoms with Crippen LogP contribution in [-0.2, 0) is 21.3 Å². The SMILES string of the molecule is C=CCn1c(O)c(N=NC(=S)Nc2ccccc2OC)c2cc(S(=O)(=O)N3CCOCC3)ccc21. The average Bonchev–Trinajstić information content (AvgIpc) is 3.13. The molecule has 1 fully saturated rings. The summed E-state index contributed by atoms with van der Waals surface area (Å²) in [7, 11) is -2.21. The Kier molecular flexibility index (Phi) is 7.45. The summed E-state index contributed by atoms with van der Waals surface area (Å²) in [6.07, 6.45) is 1.62. The van der Waals surface area contributed by atoms with E-state index in [1.54, 1.807) is 36.0 Å². The van der Waals surface area contributed by atoms with Crippen molar-refractivity contribution in [2.24, 2.45) is 10.2 Å². The number of para-hydroxylation sites is 2. The van der Waals surface area contributed by atoms with Crippen molar-refractivity contribution in [2.75, 3.05) is 38.7 Å². The third-order valence-electron chi connectivity index (χ3n) is 5.49. The van der Waals surface area contributed by atoms with Gasteiger partial charge in [-0.3, -0.25) is 0 Å². The first-order valence-electron chi connectivity index (χ1n) is 10.8. The Morgan fingerprint density at radius 1 is 1.29 bits per heavy atom. The number of sulfonamides is 1. The van der Waals surface area contributed by atoms with Crippen LogP contribution >= 0.6 is 12.2 Å². The maximum absolute atomic E-state index is 13.2. The van der Waals surface area contributed by atoms with E-state index in [4.69, 9.17) is 21.7 Å². The molecule has 2 aromatic carbocycles. The summed E-state index contributed by atoms with van der Waals surface area (Å²) in [4.78, 5) is 0.0915. The predicted molar refractivity (Wildman–Crippen MR) is 137 cm³/mol. The highest BCUT2D eigenvalue weighted by Crippen LogP contribution is 2.40. The van der Waals surface area contributed by atoms with Crippen LogP contribution in [0.2, 0.25) is 0 Å². The van der Waals surface area contributed by atoms with E-state index >= 15 is 0 Å². The highest BCUT2D eigenvalue weighted by Gasteiger charge is 2.28. The number of hydrogen-bond donors (Lipinski definition) is 2. The van der Waals surface area contributed by atoms with Crippen molar-refractivity contribution in [1.82, 2.24) is 8.87 Å². The van der Waals surface area contributed by atoms with Crippen molar-refractivity contribution in [3.8, 4) is 11.6 Å². The Hall–Kier alpha value is -3.32. The summed E-state index contributed by atoms with van der Waals surface area (Å²) >= 11 is 5.29. The Morgan fingerprint density at radius 3 is 2.74 bits per heavy atom. The number of morpholine rings is 1. The molecular formula is C23H25N5O5S2. The molecule has 0 spiro atoms. The number of nitrogens with zero attached hydrogens (tertiary/aromatic N) is 4. The molecule has 0 saturated carbocycles. The van der Waals surface area contributed by atoms with Gasteiger partial charge in [0.25, 0.3) is 0 Å². The summed E-state index contributed by atoms with van der Waals surface area (Å²) in [6.45, 7) is 5.25. The van der Waals surface area contributed by atoms with E-state index in [0.717, 1.165) is 0 Å². The summed E-state index contributed by atoms with van der Waals surface area (Å²) in [5.74, 6) is 0.401. The minimum atomic E-state index is -3.75. The number of anilines is 1. The van der Waals surface area contributed by atoms with E-state index in [0.29, 0.717) is 35.6 Å². The van der Waals surface area contributed by atoms with Crippen LogP contribution in [0.1, 0.15) is 0 Å². The van der Waals surface area contributed by atoms with Crippen LogP contribution < -0.4 is 10.1 Å². The molecule has 35 heavy (non-hydrogen) atoms. The topological polar surface area (TPSA) is 118 Å². The van der Waals surface area contributed by atoms with Crippen molar-refractivity contribution in [2.45, 2.75) is 11.4 Å². The van der Waals surface area contributed by atoms with Crippen LogP contribution in [-0.4, -0.2) is 60.9 Å². The zero-order valence-corrected chi connectivity index (χ0v) is 20.7. The van der Waals surface area contributed by atoms with Crippen LogP contribution in [0.4, 0.5) is 11.4 Å². The molecule has 0 bridgehead atoms. The number of benzene rings is 2. The Bertz CT molecular complexity index is 1390. The van der Waals surface area contributed by atoms with E-state index in [2.05, 4.69) is 22.1 Å². The molecule has 1 saturated heterocycles. The molecule has 0 unspecified atom stereocenters. The number of allylic oxidation sites excluding steroid dienone is 1. The lowest BCUT2D eigenvalue weighted by Crippen LogP contribution is -2.40. The van der Waals surface area contributed by atoms with Crippen LogP contribution in [0.15, 0.2) is 70.2 Å². The summed E-state index contributed by atoms with van der Waals surface area (Å²) < 4.78 is 39.9. The fourth-order valence-corrected chi connectivity index (χ4v) is 5.38. The zero-order valence-electron chi connectivity index (χ0n) is 19.0. The standard InChI is InChI=1S/C23H25N5O5S2/c1-3-10-28-19-9-8-16(35(30,31)27-11-13-33-14-12-27)15-17(19)21(22(28)29)25-26-23(34)24-18-6-4-5-7-20(18)32-2/h3-9,15,29H,1,10-14H2,2H3,(H,24,34). The third kappa shape index (κ3) is 5.05. The number of fused-ring (bicyclic) bond motifs is 1. The molecule has 184 valence electrons. The van der Waals surface area contributed by atoms with Gasteiger partial charge in [-0.15, -0.1) is 16.8 Å².